The first-order valence-electron chi connectivity index (χ1n) is 10.5. The lowest BCUT2D eigenvalue weighted by Gasteiger charge is -2.26. The first-order chi connectivity index (χ1) is 15.8. The number of carboxylic acids is 3. The van der Waals surface area contributed by atoms with Crippen LogP contribution in [0.5, 0.6) is 0 Å². The average molecular weight is 491 g/mol. The van der Waals surface area contributed by atoms with Gasteiger partial charge in [-0.05, 0) is 39.2 Å². The van der Waals surface area contributed by atoms with Crippen molar-refractivity contribution in [2.45, 2.75) is 75.7 Å². The van der Waals surface area contributed by atoms with Gasteiger partial charge in [0.1, 0.15) is 18.1 Å². The third-order valence-electron chi connectivity index (χ3n) is 4.64. The Morgan fingerprint density at radius 2 is 1.38 bits per heavy atom. The second kappa shape index (κ2) is 15.5. The first-order valence-corrected chi connectivity index (χ1v) is 10.5. The predicted octanol–water partition coefficient (Wildman–Crippen LogP) is -3.30. The Morgan fingerprint density at radius 3 is 1.85 bits per heavy atom. The Balaban J connectivity index is 5.42. The maximum absolute atomic E-state index is 12.8. The fraction of sp³-hybridized carbons (Fsp3) is 0.684. The molecule has 0 saturated heterocycles. The van der Waals surface area contributed by atoms with Gasteiger partial charge in [-0.2, -0.15) is 0 Å². The largest absolute Gasteiger partial charge is 0.481 e. The minimum atomic E-state index is -1.81. The zero-order chi connectivity index (χ0) is 26.4. The molecule has 0 aromatic carbocycles. The summed E-state index contributed by atoms with van der Waals surface area (Å²) in [5.41, 5.74) is 11.1. The summed E-state index contributed by atoms with van der Waals surface area (Å²) in [5, 5.41) is 43.0. The van der Waals surface area contributed by atoms with Crippen LogP contribution in [0.15, 0.2) is 0 Å². The number of aliphatic hydroxyl groups is 1. The lowest BCUT2D eigenvalue weighted by atomic mass is 10.0. The van der Waals surface area contributed by atoms with Crippen LogP contribution in [0.3, 0.4) is 0 Å². The number of amides is 3. The third-order valence-corrected chi connectivity index (χ3v) is 4.64. The van der Waals surface area contributed by atoms with Gasteiger partial charge in [0.15, 0.2) is 0 Å². The van der Waals surface area contributed by atoms with Crippen molar-refractivity contribution in [1.29, 1.82) is 0 Å². The summed E-state index contributed by atoms with van der Waals surface area (Å²) in [6, 6.07) is -5.92. The van der Waals surface area contributed by atoms with Crippen LogP contribution in [0.1, 0.15) is 45.4 Å². The summed E-state index contributed by atoms with van der Waals surface area (Å²) in [6.07, 6.45) is -2.04. The molecule has 0 radical (unpaired) electrons. The van der Waals surface area contributed by atoms with Crippen LogP contribution in [0.25, 0.3) is 0 Å². The maximum Gasteiger partial charge on any atom is 0.326 e. The number of hydrogen-bond acceptors (Lipinski definition) is 9. The number of nitrogens with one attached hydrogen (secondary N) is 3. The van der Waals surface area contributed by atoms with Gasteiger partial charge in [-0.15, -0.1) is 0 Å². The summed E-state index contributed by atoms with van der Waals surface area (Å²) in [4.78, 5) is 70.2. The molecule has 194 valence electrons. The Morgan fingerprint density at radius 1 is 0.794 bits per heavy atom. The van der Waals surface area contributed by atoms with Gasteiger partial charge in [0.2, 0.25) is 17.7 Å². The Kier molecular flexibility index (Phi) is 14.0. The van der Waals surface area contributed by atoms with Crippen LogP contribution in [0.2, 0.25) is 0 Å². The van der Waals surface area contributed by atoms with Gasteiger partial charge in [0, 0.05) is 6.42 Å². The van der Waals surface area contributed by atoms with E-state index >= 15 is 0 Å². The Labute approximate surface area is 195 Å². The molecule has 0 bridgehead atoms. The average Bonchev–Trinajstić information content (AvgIpc) is 2.73. The fourth-order valence-electron chi connectivity index (χ4n) is 2.75. The number of unbranched alkanes of at least 4 members (excludes halogenated alkanes) is 1. The maximum atomic E-state index is 12.8. The Hall–Kier alpha value is -3.30. The quantitative estimate of drug-likeness (QED) is 0.0905. The molecule has 15 heteroatoms. The van der Waals surface area contributed by atoms with E-state index in [1.807, 2.05) is 5.32 Å². The number of nitrogens with two attached hydrogens (primary N) is 2. The van der Waals surface area contributed by atoms with Crippen molar-refractivity contribution in [3.63, 3.8) is 0 Å². The molecule has 15 nitrogen and oxygen atoms in total. The molecule has 5 unspecified atom stereocenters. The van der Waals surface area contributed by atoms with E-state index in [1.165, 1.54) is 0 Å². The summed E-state index contributed by atoms with van der Waals surface area (Å²) in [5.74, 6) is -7.14. The molecular formula is C19H33N5O10. The topological polar surface area (TPSA) is 271 Å². The van der Waals surface area contributed by atoms with E-state index in [0.717, 1.165) is 6.92 Å². The number of aliphatic carboxylic acids is 3. The highest BCUT2D eigenvalue weighted by Gasteiger charge is 2.33. The molecule has 0 rings (SSSR count). The van der Waals surface area contributed by atoms with Crippen LogP contribution < -0.4 is 27.4 Å². The van der Waals surface area contributed by atoms with E-state index < -0.39 is 72.3 Å². The molecule has 34 heavy (non-hydrogen) atoms. The molecule has 0 fully saturated rings. The van der Waals surface area contributed by atoms with Crippen molar-refractivity contribution in [3.8, 4) is 0 Å². The third kappa shape index (κ3) is 12.1. The zero-order valence-corrected chi connectivity index (χ0v) is 18.7. The van der Waals surface area contributed by atoms with Gasteiger partial charge in [0.05, 0.1) is 18.6 Å². The summed E-state index contributed by atoms with van der Waals surface area (Å²) in [6.45, 7) is 1.45. The van der Waals surface area contributed by atoms with E-state index in [1.54, 1.807) is 0 Å². The second-order valence-corrected chi connectivity index (χ2v) is 7.61. The number of carbonyl (C=O) groups is 6. The van der Waals surface area contributed by atoms with Crippen molar-refractivity contribution in [2.24, 2.45) is 11.5 Å². The lowest BCUT2D eigenvalue weighted by molar-refractivity contribution is -0.148. The second-order valence-electron chi connectivity index (χ2n) is 7.61. The minimum Gasteiger partial charge on any atom is -0.481 e. The van der Waals surface area contributed by atoms with E-state index in [2.05, 4.69) is 10.6 Å². The van der Waals surface area contributed by atoms with Gasteiger partial charge < -0.3 is 47.8 Å². The molecule has 0 aromatic heterocycles. The lowest BCUT2D eigenvalue weighted by Crippen LogP contribution is -2.60. The van der Waals surface area contributed by atoms with Gasteiger partial charge in [-0.1, -0.05) is 0 Å². The Bertz CT molecular complexity index is 745. The first kappa shape index (κ1) is 30.7. The zero-order valence-electron chi connectivity index (χ0n) is 18.7. The monoisotopic (exact) mass is 491 g/mol. The molecular weight excluding hydrogens is 458 g/mol. The highest BCUT2D eigenvalue weighted by molar-refractivity contribution is 5.95. The van der Waals surface area contributed by atoms with Crippen molar-refractivity contribution in [3.05, 3.63) is 0 Å². The number of hydrogen-bond donors (Lipinski definition) is 9. The molecule has 0 aromatic rings. The molecule has 0 aliphatic rings. The standard InChI is InChI=1S/C19H33N5O10/c1-9(25)15(18(32)23-12(19(33)34)8-14(28)29)24-17(31)11(4-2-3-7-20)22-16(30)10(21)5-6-13(26)27/h9-12,15,25H,2-8,20-21H2,1H3,(H,22,30)(H,23,32)(H,24,31)(H,26,27)(H,28,29)(H,33,34). The van der Waals surface area contributed by atoms with Gasteiger partial charge in [0.25, 0.3) is 0 Å². The normalized spacial score (nSPS) is 15.2. The predicted molar refractivity (Wildman–Crippen MR) is 115 cm³/mol. The van der Waals surface area contributed by atoms with Gasteiger partial charge >= 0.3 is 17.9 Å². The molecule has 0 spiro atoms. The van der Waals surface area contributed by atoms with Gasteiger partial charge in [-0.3, -0.25) is 24.0 Å². The molecule has 11 N–H and O–H groups in total. The molecule has 0 aliphatic carbocycles. The molecule has 0 aliphatic heterocycles. The van der Waals surface area contributed by atoms with E-state index in [0.29, 0.717) is 19.4 Å². The van der Waals surface area contributed by atoms with Gasteiger partial charge in [-0.25, -0.2) is 4.79 Å². The van der Waals surface area contributed by atoms with E-state index in [-0.39, 0.29) is 19.3 Å². The molecule has 5 atom stereocenters. The highest BCUT2D eigenvalue weighted by atomic mass is 16.4. The summed E-state index contributed by atoms with van der Waals surface area (Å²) < 4.78 is 0. The smallest absolute Gasteiger partial charge is 0.326 e. The number of aliphatic hydroxyl groups excluding tert-OH is 1. The summed E-state index contributed by atoms with van der Waals surface area (Å²) >= 11 is 0. The van der Waals surface area contributed by atoms with Crippen LogP contribution in [-0.2, 0) is 28.8 Å². The molecule has 0 heterocycles. The minimum absolute atomic E-state index is 0.0747. The number of carbonyl (C=O) groups excluding carboxylic acids is 3. The van der Waals surface area contributed by atoms with Crippen molar-refractivity contribution < 1.29 is 49.2 Å². The summed E-state index contributed by atoms with van der Waals surface area (Å²) in [7, 11) is 0. The van der Waals surface area contributed by atoms with Crippen LogP contribution in [-0.4, -0.2) is 92.9 Å². The number of carboxylic acid groups (broad SMARTS) is 3. The SMILES string of the molecule is CC(O)C(NC(=O)C(CCCCN)NC(=O)C(N)CCC(=O)O)C(=O)NC(CC(=O)O)C(=O)O. The number of rotatable bonds is 17. The van der Waals surface area contributed by atoms with Crippen LogP contribution in [0, 0.1) is 0 Å². The molecule has 3 amide bonds. The van der Waals surface area contributed by atoms with Crippen LogP contribution >= 0.6 is 0 Å². The molecule has 0 saturated carbocycles. The fourth-order valence-corrected chi connectivity index (χ4v) is 2.75. The highest BCUT2D eigenvalue weighted by Crippen LogP contribution is 2.05. The van der Waals surface area contributed by atoms with E-state index in [4.69, 9.17) is 26.8 Å². The van der Waals surface area contributed by atoms with Crippen molar-refractivity contribution in [1.82, 2.24) is 16.0 Å². The van der Waals surface area contributed by atoms with Crippen molar-refractivity contribution in [2.75, 3.05) is 6.54 Å². The van der Waals surface area contributed by atoms with E-state index in [9.17, 15) is 33.9 Å². The van der Waals surface area contributed by atoms with Crippen molar-refractivity contribution >= 4 is 35.6 Å². The van der Waals surface area contributed by atoms with Crippen LogP contribution in [0.4, 0.5) is 0 Å².